The van der Waals surface area contributed by atoms with Gasteiger partial charge in [0.1, 0.15) is 0 Å². The van der Waals surface area contributed by atoms with E-state index in [0.29, 0.717) is 6.04 Å². The third-order valence-corrected chi connectivity index (χ3v) is 3.81. The fourth-order valence-electron chi connectivity index (χ4n) is 2.89. The Kier molecular flexibility index (Phi) is 2.45. The highest BCUT2D eigenvalue weighted by molar-refractivity contribution is 6.31. The third-order valence-electron chi connectivity index (χ3n) is 3.59. The summed E-state index contributed by atoms with van der Waals surface area (Å²) in [6.07, 6.45) is 2.49. The zero-order valence-electron chi connectivity index (χ0n) is 9.17. The van der Waals surface area contributed by atoms with Crippen LogP contribution >= 0.6 is 11.6 Å². The van der Waals surface area contributed by atoms with E-state index in [2.05, 4.69) is 16.3 Å². The fraction of sp³-hybridized carbons (Fsp3) is 0.500. The molecule has 1 saturated heterocycles. The number of hydrogen-bond donors (Lipinski definition) is 2. The summed E-state index contributed by atoms with van der Waals surface area (Å²) in [5.74, 6) is 0. The average molecular weight is 238 g/mol. The monoisotopic (exact) mass is 237 g/mol. The van der Waals surface area contributed by atoms with Crippen molar-refractivity contribution < 1.29 is 0 Å². The van der Waals surface area contributed by atoms with E-state index in [1.165, 1.54) is 24.9 Å². The molecule has 0 spiro atoms. The molecule has 1 atom stereocenters. The summed E-state index contributed by atoms with van der Waals surface area (Å²) < 4.78 is 0. The summed E-state index contributed by atoms with van der Waals surface area (Å²) in [5, 5.41) is 4.17. The van der Waals surface area contributed by atoms with Crippen molar-refractivity contribution >= 4 is 23.0 Å². The normalized spacial score (nSPS) is 24.4. The standard InChI is InChI=1S/C12H16ClN3/c13-8-6-9-11-2-1-4-16(11)5-3-15-12(9)10(14)7-8/h6-7,11,15H,1-5,14H2. The smallest absolute Gasteiger partial charge is 0.0623 e. The first-order chi connectivity index (χ1) is 7.75. The van der Waals surface area contributed by atoms with Crippen molar-refractivity contribution in [3.63, 3.8) is 0 Å². The molecule has 0 saturated carbocycles. The van der Waals surface area contributed by atoms with Crippen LogP contribution in [0.2, 0.25) is 5.02 Å². The van der Waals surface area contributed by atoms with E-state index in [4.69, 9.17) is 17.3 Å². The van der Waals surface area contributed by atoms with E-state index < -0.39 is 0 Å². The fourth-order valence-corrected chi connectivity index (χ4v) is 3.12. The van der Waals surface area contributed by atoms with Gasteiger partial charge in [-0.05, 0) is 37.1 Å². The Labute approximate surface area is 101 Å². The Morgan fingerprint density at radius 1 is 1.38 bits per heavy atom. The summed E-state index contributed by atoms with van der Waals surface area (Å²) in [5.41, 5.74) is 9.18. The van der Waals surface area contributed by atoms with Crippen LogP contribution < -0.4 is 11.1 Å². The van der Waals surface area contributed by atoms with Gasteiger partial charge in [-0.3, -0.25) is 4.90 Å². The minimum Gasteiger partial charge on any atom is -0.397 e. The van der Waals surface area contributed by atoms with Crippen LogP contribution in [0, 0.1) is 0 Å². The van der Waals surface area contributed by atoms with Crippen molar-refractivity contribution in [2.24, 2.45) is 0 Å². The Bertz CT molecular complexity index is 419. The van der Waals surface area contributed by atoms with Crippen LogP contribution in [-0.2, 0) is 0 Å². The molecule has 1 aromatic carbocycles. The largest absolute Gasteiger partial charge is 0.397 e. The molecule has 3 N–H and O–H groups in total. The average Bonchev–Trinajstić information content (AvgIpc) is 2.62. The maximum atomic E-state index is 6.10. The van der Waals surface area contributed by atoms with Crippen molar-refractivity contribution in [1.82, 2.24) is 4.90 Å². The van der Waals surface area contributed by atoms with Gasteiger partial charge in [-0.25, -0.2) is 0 Å². The van der Waals surface area contributed by atoms with Gasteiger partial charge >= 0.3 is 0 Å². The number of fused-ring (bicyclic) bond motifs is 3. The summed E-state index contributed by atoms with van der Waals surface area (Å²) >= 11 is 6.10. The van der Waals surface area contributed by atoms with Crippen molar-refractivity contribution in [3.8, 4) is 0 Å². The van der Waals surface area contributed by atoms with E-state index >= 15 is 0 Å². The molecule has 0 amide bonds. The highest BCUT2D eigenvalue weighted by Crippen LogP contribution is 2.41. The molecule has 2 heterocycles. The number of nitrogens with one attached hydrogen (secondary N) is 1. The van der Waals surface area contributed by atoms with Crippen LogP contribution in [0.5, 0.6) is 0 Å². The predicted molar refractivity (Wildman–Crippen MR) is 67.9 cm³/mol. The van der Waals surface area contributed by atoms with E-state index in [9.17, 15) is 0 Å². The maximum absolute atomic E-state index is 6.10. The first kappa shape index (κ1) is 10.2. The first-order valence-electron chi connectivity index (χ1n) is 5.82. The number of anilines is 2. The van der Waals surface area contributed by atoms with Gasteiger partial charge < -0.3 is 11.1 Å². The van der Waals surface area contributed by atoms with Gasteiger partial charge in [0.15, 0.2) is 0 Å². The SMILES string of the molecule is Nc1cc(Cl)cc2c1NCCN1CCCC21. The van der Waals surface area contributed by atoms with Gasteiger partial charge in [0.05, 0.1) is 11.4 Å². The molecule has 16 heavy (non-hydrogen) atoms. The summed E-state index contributed by atoms with van der Waals surface area (Å²) in [7, 11) is 0. The molecule has 2 aliphatic rings. The van der Waals surface area contributed by atoms with Gasteiger partial charge in [0, 0.05) is 24.2 Å². The molecule has 3 rings (SSSR count). The van der Waals surface area contributed by atoms with Crippen molar-refractivity contribution in [2.45, 2.75) is 18.9 Å². The molecule has 0 radical (unpaired) electrons. The molecule has 86 valence electrons. The Hall–Kier alpha value is -0.930. The van der Waals surface area contributed by atoms with Crippen LogP contribution in [-0.4, -0.2) is 24.5 Å². The number of benzene rings is 1. The van der Waals surface area contributed by atoms with E-state index in [0.717, 1.165) is 29.5 Å². The highest BCUT2D eigenvalue weighted by Gasteiger charge is 2.30. The molecular weight excluding hydrogens is 222 g/mol. The van der Waals surface area contributed by atoms with Gasteiger partial charge in [-0.2, -0.15) is 0 Å². The lowest BCUT2D eigenvalue weighted by atomic mass is 10.0. The number of halogens is 1. The third kappa shape index (κ3) is 1.55. The number of rotatable bonds is 0. The quantitative estimate of drug-likeness (QED) is 0.682. The molecular formula is C12H16ClN3. The van der Waals surface area contributed by atoms with Crippen LogP contribution in [0.15, 0.2) is 12.1 Å². The highest BCUT2D eigenvalue weighted by atomic mass is 35.5. The van der Waals surface area contributed by atoms with Crippen molar-refractivity contribution in [1.29, 1.82) is 0 Å². The maximum Gasteiger partial charge on any atom is 0.0623 e. The topological polar surface area (TPSA) is 41.3 Å². The minimum atomic E-state index is 0.506. The van der Waals surface area contributed by atoms with Crippen LogP contribution in [0.4, 0.5) is 11.4 Å². The molecule has 0 aliphatic carbocycles. The summed E-state index contributed by atoms with van der Waals surface area (Å²) in [6, 6.07) is 4.40. The van der Waals surface area contributed by atoms with Gasteiger partial charge in [0.2, 0.25) is 0 Å². The molecule has 2 aliphatic heterocycles. The second kappa shape index (κ2) is 3.82. The summed E-state index contributed by atoms with van der Waals surface area (Å²) in [4.78, 5) is 2.52. The lowest BCUT2D eigenvalue weighted by Crippen LogP contribution is -2.25. The molecule has 1 unspecified atom stereocenters. The second-order valence-electron chi connectivity index (χ2n) is 4.58. The Morgan fingerprint density at radius 2 is 2.25 bits per heavy atom. The Balaban J connectivity index is 2.12. The number of nitrogens with two attached hydrogens (primary N) is 1. The van der Waals surface area contributed by atoms with Crippen LogP contribution in [0.25, 0.3) is 0 Å². The van der Waals surface area contributed by atoms with Crippen molar-refractivity contribution in [3.05, 3.63) is 22.7 Å². The zero-order chi connectivity index (χ0) is 11.1. The van der Waals surface area contributed by atoms with Crippen LogP contribution in [0.3, 0.4) is 0 Å². The second-order valence-corrected chi connectivity index (χ2v) is 5.02. The number of nitrogens with zero attached hydrogens (tertiary/aromatic N) is 1. The molecule has 0 aromatic heterocycles. The van der Waals surface area contributed by atoms with Crippen LogP contribution in [0.1, 0.15) is 24.4 Å². The molecule has 3 nitrogen and oxygen atoms in total. The Morgan fingerprint density at radius 3 is 3.12 bits per heavy atom. The van der Waals surface area contributed by atoms with E-state index in [1.54, 1.807) is 0 Å². The number of nitrogen functional groups attached to an aromatic ring is 1. The first-order valence-corrected chi connectivity index (χ1v) is 6.20. The predicted octanol–water partition coefficient (Wildman–Crippen LogP) is 2.48. The summed E-state index contributed by atoms with van der Waals surface area (Å²) in [6.45, 7) is 3.25. The van der Waals surface area contributed by atoms with Gasteiger partial charge in [0.25, 0.3) is 0 Å². The van der Waals surface area contributed by atoms with E-state index in [-0.39, 0.29) is 0 Å². The van der Waals surface area contributed by atoms with Crippen molar-refractivity contribution in [2.75, 3.05) is 30.7 Å². The lowest BCUT2D eigenvalue weighted by Gasteiger charge is -2.22. The molecule has 4 heteroatoms. The van der Waals surface area contributed by atoms with E-state index in [1.807, 2.05) is 6.07 Å². The van der Waals surface area contributed by atoms with Gasteiger partial charge in [-0.1, -0.05) is 11.6 Å². The molecule has 1 fully saturated rings. The minimum absolute atomic E-state index is 0.506. The molecule has 1 aromatic rings. The van der Waals surface area contributed by atoms with Gasteiger partial charge in [-0.15, -0.1) is 0 Å². The zero-order valence-corrected chi connectivity index (χ0v) is 9.93. The number of hydrogen-bond acceptors (Lipinski definition) is 3. The lowest BCUT2D eigenvalue weighted by molar-refractivity contribution is 0.273. The molecule has 0 bridgehead atoms.